The monoisotopic (exact) mass is 448 g/mol. The molecule has 1 fully saturated rings. The molecular weight excluding hydrogens is 424 g/mol. The highest BCUT2D eigenvalue weighted by atomic mass is 16.5. The molecule has 3 aliphatic heterocycles. The van der Waals surface area contributed by atoms with Crippen molar-refractivity contribution in [1.29, 1.82) is 0 Å². The van der Waals surface area contributed by atoms with E-state index in [1.807, 2.05) is 41.4 Å². The quantitative estimate of drug-likeness (QED) is 0.531. The van der Waals surface area contributed by atoms with Crippen molar-refractivity contribution in [2.75, 3.05) is 36.6 Å². The predicted molar refractivity (Wildman–Crippen MR) is 121 cm³/mol. The van der Waals surface area contributed by atoms with Crippen LogP contribution in [0.4, 0.5) is 11.5 Å². The van der Waals surface area contributed by atoms with Crippen molar-refractivity contribution in [1.82, 2.24) is 15.3 Å². The fourth-order valence-electron chi connectivity index (χ4n) is 3.94. The van der Waals surface area contributed by atoms with E-state index in [2.05, 4.69) is 15.6 Å². The zero-order valence-electron chi connectivity index (χ0n) is 17.8. The highest BCUT2D eigenvalue weighted by molar-refractivity contribution is 6.05. The summed E-state index contributed by atoms with van der Waals surface area (Å²) in [6.07, 6.45) is 3.91. The number of hydrogen-bond donors (Lipinski definition) is 4. The van der Waals surface area contributed by atoms with E-state index in [1.165, 1.54) is 6.20 Å². The van der Waals surface area contributed by atoms with Gasteiger partial charge in [-0.2, -0.15) is 0 Å². The number of anilines is 2. The Bertz CT molecular complexity index is 1130. The van der Waals surface area contributed by atoms with Gasteiger partial charge in [0, 0.05) is 12.6 Å². The number of amides is 1. The number of hydrogen-bond acceptors (Lipinski definition) is 9. The van der Waals surface area contributed by atoms with Gasteiger partial charge in [-0.15, -0.1) is 0 Å². The summed E-state index contributed by atoms with van der Waals surface area (Å²) in [7, 11) is 0. The van der Waals surface area contributed by atoms with Crippen molar-refractivity contribution >= 4 is 17.4 Å². The van der Waals surface area contributed by atoms with Gasteiger partial charge in [0.2, 0.25) is 0 Å². The summed E-state index contributed by atoms with van der Waals surface area (Å²) in [6, 6.07) is 12.8. The number of aliphatic hydroxyl groups is 1. The number of morpholine rings is 1. The molecule has 4 heterocycles. The van der Waals surface area contributed by atoms with Crippen molar-refractivity contribution in [3.63, 3.8) is 0 Å². The van der Waals surface area contributed by atoms with Gasteiger partial charge >= 0.3 is 0 Å². The summed E-state index contributed by atoms with van der Waals surface area (Å²) in [4.78, 5) is 17.4. The molecule has 0 radical (unpaired) electrons. The third-order valence-corrected chi connectivity index (χ3v) is 5.44. The summed E-state index contributed by atoms with van der Waals surface area (Å²) in [6.45, 7) is 1.86. The Labute approximate surface area is 190 Å². The van der Waals surface area contributed by atoms with Crippen molar-refractivity contribution < 1.29 is 19.4 Å². The average Bonchev–Trinajstić information content (AvgIpc) is 3.13. The second-order valence-electron chi connectivity index (χ2n) is 7.61. The van der Waals surface area contributed by atoms with E-state index in [-0.39, 0.29) is 12.2 Å². The molecule has 1 aromatic carbocycles. The average molecular weight is 448 g/mol. The van der Waals surface area contributed by atoms with Crippen LogP contribution in [-0.2, 0) is 9.53 Å². The summed E-state index contributed by atoms with van der Waals surface area (Å²) < 4.78 is 11.3. The van der Waals surface area contributed by atoms with E-state index >= 15 is 0 Å². The second kappa shape index (κ2) is 8.85. The lowest BCUT2D eigenvalue weighted by molar-refractivity contribution is -0.113. The lowest BCUT2D eigenvalue weighted by atomic mass is 10.1. The molecule has 2 aromatic rings. The smallest absolute Gasteiger partial charge is 0.259 e. The number of carbonyl (C=O) groups excluding carboxylic acids is 1. The second-order valence-corrected chi connectivity index (χ2v) is 7.61. The fraction of sp³-hybridized carbons (Fsp3) is 0.217. The van der Waals surface area contributed by atoms with Crippen LogP contribution in [0.5, 0.6) is 5.75 Å². The number of hydrazine groups is 1. The highest BCUT2D eigenvalue weighted by Gasteiger charge is 2.42. The maximum Gasteiger partial charge on any atom is 0.259 e. The number of para-hydroxylation sites is 1. The number of aromatic nitrogens is 1. The number of rotatable bonds is 5. The van der Waals surface area contributed by atoms with Crippen LogP contribution in [-0.4, -0.2) is 53.5 Å². The van der Waals surface area contributed by atoms with Crippen molar-refractivity contribution in [3.8, 4) is 5.75 Å². The first-order valence-electron chi connectivity index (χ1n) is 10.6. The van der Waals surface area contributed by atoms with Crippen molar-refractivity contribution in [2.24, 2.45) is 5.73 Å². The Morgan fingerprint density at radius 1 is 1.27 bits per heavy atom. The summed E-state index contributed by atoms with van der Waals surface area (Å²) >= 11 is 0. The van der Waals surface area contributed by atoms with Crippen LogP contribution in [0.2, 0.25) is 0 Å². The SMILES string of the molecule is NC1=CC(Oc2ccc(NC(=O)C3=C4COCCN4N(c4ccccc4)C3O)nc2)=CCN1. The van der Waals surface area contributed by atoms with Gasteiger partial charge in [0.05, 0.1) is 48.7 Å². The maximum atomic E-state index is 13.1. The van der Waals surface area contributed by atoms with Crippen LogP contribution < -0.4 is 26.1 Å². The van der Waals surface area contributed by atoms with Crippen LogP contribution in [0.15, 0.2) is 83.7 Å². The van der Waals surface area contributed by atoms with Gasteiger partial charge in [-0.05, 0) is 30.3 Å². The molecule has 33 heavy (non-hydrogen) atoms. The van der Waals surface area contributed by atoms with Crippen LogP contribution in [0.25, 0.3) is 0 Å². The van der Waals surface area contributed by atoms with Gasteiger partial charge in [0.1, 0.15) is 17.3 Å². The summed E-state index contributed by atoms with van der Waals surface area (Å²) in [5, 5.41) is 20.4. The zero-order chi connectivity index (χ0) is 22.8. The largest absolute Gasteiger partial charge is 0.456 e. The molecular formula is C23H24N6O4. The van der Waals surface area contributed by atoms with E-state index in [1.54, 1.807) is 23.2 Å². The summed E-state index contributed by atoms with van der Waals surface area (Å²) in [5.74, 6) is 1.55. The topological polar surface area (TPSA) is 125 Å². The number of ether oxygens (including phenoxy) is 2. The molecule has 1 saturated heterocycles. The Morgan fingerprint density at radius 2 is 2.12 bits per heavy atom. The van der Waals surface area contributed by atoms with Gasteiger partial charge in [0.25, 0.3) is 5.91 Å². The molecule has 10 nitrogen and oxygen atoms in total. The van der Waals surface area contributed by atoms with E-state index in [4.69, 9.17) is 15.2 Å². The fourth-order valence-corrected chi connectivity index (χ4v) is 3.94. The Balaban J connectivity index is 1.32. The molecule has 0 spiro atoms. The minimum atomic E-state index is -1.14. The molecule has 10 heteroatoms. The highest BCUT2D eigenvalue weighted by Crippen LogP contribution is 2.35. The van der Waals surface area contributed by atoms with Gasteiger partial charge in [-0.3, -0.25) is 14.8 Å². The molecule has 3 aliphatic rings. The predicted octanol–water partition coefficient (Wildman–Crippen LogP) is 1.03. The number of aliphatic hydroxyl groups excluding tert-OH is 1. The van der Waals surface area contributed by atoms with Gasteiger partial charge in [-0.1, -0.05) is 18.2 Å². The molecule has 0 aliphatic carbocycles. The standard InChI is InChI=1S/C23H24N6O4/c24-19-12-16(8-9-25-19)33-17-6-7-20(26-13-17)27-22(30)21-18-14-32-11-10-28(18)29(23(21)31)15-4-2-1-3-5-15/h1-8,12-13,23,25,31H,9-11,14,24H2,(H,26,27,30). The zero-order valence-corrected chi connectivity index (χ0v) is 17.8. The van der Waals surface area contributed by atoms with Crippen LogP contribution >= 0.6 is 0 Å². The lowest BCUT2D eigenvalue weighted by Crippen LogP contribution is -2.47. The minimum absolute atomic E-state index is 0.237. The molecule has 1 atom stereocenters. The number of carbonyl (C=O) groups is 1. The maximum absolute atomic E-state index is 13.1. The first-order valence-corrected chi connectivity index (χ1v) is 10.6. The number of nitrogens with zero attached hydrogens (tertiary/aromatic N) is 3. The molecule has 0 saturated carbocycles. The Hall–Kier alpha value is -4.02. The molecule has 5 rings (SSSR count). The third kappa shape index (κ3) is 4.21. The van der Waals surface area contributed by atoms with Gasteiger partial charge < -0.3 is 30.9 Å². The Kier molecular flexibility index (Phi) is 5.59. The van der Waals surface area contributed by atoms with Gasteiger partial charge in [-0.25, -0.2) is 4.98 Å². The first kappa shape index (κ1) is 20.9. The number of benzene rings is 1. The number of nitrogens with two attached hydrogens (primary N) is 1. The number of dihydropyridines is 1. The molecule has 1 unspecified atom stereocenters. The number of pyridine rings is 1. The molecule has 0 bridgehead atoms. The molecule has 170 valence electrons. The number of fused-ring (bicyclic) bond motifs is 1. The Morgan fingerprint density at radius 3 is 2.88 bits per heavy atom. The normalized spacial score (nSPS) is 20.0. The van der Waals surface area contributed by atoms with E-state index in [9.17, 15) is 9.90 Å². The van der Waals surface area contributed by atoms with E-state index in [0.717, 1.165) is 5.69 Å². The van der Waals surface area contributed by atoms with Crippen molar-refractivity contribution in [3.05, 3.63) is 83.7 Å². The minimum Gasteiger partial charge on any atom is -0.456 e. The van der Waals surface area contributed by atoms with E-state index in [0.29, 0.717) is 48.5 Å². The third-order valence-electron chi connectivity index (χ3n) is 5.44. The molecule has 5 N–H and O–H groups in total. The van der Waals surface area contributed by atoms with E-state index < -0.39 is 12.1 Å². The molecule has 1 amide bonds. The molecule has 1 aromatic heterocycles. The summed E-state index contributed by atoms with van der Waals surface area (Å²) in [5.41, 5.74) is 7.41. The first-order chi connectivity index (χ1) is 16.1. The van der Waals surface area contributed by atoms with Crippen LogP contribution in [0.1, 0.15) is 0 Å². The number of allylic oxidation sites excluding steroid dienone is 1. The van der Waals surface area contributed by atoms with Crippen LogP contribution in [0.3, 0.4) is 0 Å². The number of nitrogens with one attached hydrogen (secondary N) is 2. The van der Waals surface area contributed by atoms with Gasteiger partial charge in [0.15, 0.2) is 6.23 Å². The lowest BCUT2D eigenvalue weighted by Gasteiger charge is -2.37. The van der Waals surface area contributed by atoms with Crippen molar-refractivity contribution in [2.45, 2.75) is 6.23 Å². The van der Waals surface area contributed by atoms with Crippen LogP contribution in [0, 0.1) is 0 Å².